The van der Waals surface area contributed by atoms with Crippen molar-refractivity contribution in [3.05, 3.63) is 66.2 Å². The molecule has 1 aliphatic heterocycles. The number of rotatable bonds is 0. The second-order valence-corrected chi connectivity index (χ2v) is 6.57. The summed E-state index contributed by atoms with van der Waals surface area (Å²) in [4.78, 5) is 25.2. The van der Waals surface area contributed by atoms with E-state index in [1.54, 1.807) is 24.3 Å². The number of benzene rings is 2. The van der Waals surface area contributed by atoms with Gasteiger partial charge in [0.2, 0.25) is 0 Å². The first-order valence-electron chi connectivity index (χ1n) is 6.49. The first-order chi connectivity index (χ1) is 10.9. The summed E-state index contributed by atoms with van der Waals surface area (Å²) >= 11 is 24.6. The van der Waals surface area contributed by atoms with E-state index in [1.807, 2.05) is 0 Å². The second-order valence-electron chi connectivity index (χ2n) is 5.06. The number of aromatic nitrogens is 1. The van der Waals surface area contributed by atoms with E-state index in [4.69, 9.17) is 46.4 Å². The smallest absolute Gasteiger partial charge is 0.265 e. The lowest BCUT2D eigenvalue weighted by Crippen LogP contribution is -2.13. The molecule has 1 aliphatic rings. The van der Waals surface area contributed by atoms with Crippen LogP contribution in [-0.2, 0) is 0 Å². The van der Waals surface area contributed by atoms with Crippen LogP contribution in [0, 0.1) is 0 Å². The zero-order valence-electron chi connectivity index (χ0n) is 11.2. The van der Waals surface area contributed by atoms with Crippen LogP contribution in [-0.4, -0.2) is 10.5 Å². The minimum Gasteiger partial charge on any atom is -0.289 e. The molecule has 0 saturated heterocycles. The molecule has 114 valence electrons. The number of para-hydroxylation sites is 1. The monoisotopic (exact) mass is 383 g/mol. The lowest BCUT2D eigenvalue weighted by molar-refractivity contribution is 0.0973. The van der Waals surface area contributed by atoms with Crippen molar-refractivity contribution in [2.75, 3.05) is 0 Å². The van der Waals surface area contributed by atoms with E-state index in [2.05, 4.69) is 0 Å². The summed E-state index contributed by atoms with van der Waals surface area (Å²) in [5.74, 6) is -0.392. The molecule has 4 rings (SSSR count). The molecule has 0 spiro atoms. The maximum absolute atomic E-state index is 12.9. The lowest BCUT2D eigenvalue weighted by atomic mass is 10.1. The van der Waals surface area contributed by atoms with Gasteiger partial charge in [-0.1, -0.05) is 58.5 Å². The highest BCUT2D eigenvalue weighted by molar-refractivity contribution is 6.54. The fourth-order valence-electron chi connectivity index (χ4n) is 2.86. The van der Waals surface area contributed by atoms with Crippen LogP contribution in [0.2, 0.25) is 20.1 Å². The molecule has 23 heavy (non-hydrogen) atoms. The van der Waals surface area contributed by atoms with E-state index in [9.17, 15) is 9.59 Å². The van der Waals surface area contributed by atoms with Gasteiger partial charge in [-0.2, -0.15) is 0 Å². The maximum atomic E-state index is 12.9. The molecule has 0 aliphatic carbocycles. The van der Waals surface area contributed by atoms with Gasteiger partial charge in [0.1, 0.15) is 0 Å². The Morgan fingerprint density at radius 1 is 0.783 bits per heavy atom. The predicted octanol–water partition coefficient (Wildman–Crippen LogP) is 5.28. The molecule has 2 heterocycles. The predicted molar refractivity (Wildman–Crippen MR) is 93.4 cm³/mol. The van der Waals surface area contributed by atoms with Gasteiger partial charge in [0, 0.05) is 17.0 Å². The van der Waals surface area contributed by atoms with Crippen LogP contribution in [0.15, 0.2) is 35.1 Å². The van der Waals surface area contributed by atoms with Gasteiger partial charge in [0.15, 0.2) is 5.43 Å². The zero-order chi connectivity index (χ0) is 16.5. The summed E-state index contributed by atoms with van der Waals surface area (Å²) in [6, 6.07) is 8.18. The van der Waals surface area contributed by atoms with Crippen LogP contribution in [0.1, 0.15) is 10.4 Å². The minimum atomic E-state index is -0.392. The Morgan fingerprint density at radius 2 is 1.39 bits per heavy atom. The SMILES string of the molecule is O=C1c2c(Cl)c(Cl)c(Cl)c(Cl)c2-c2cc(=O)c3ccccc3n21. The molecule has 0 unspecified atom stereocenters. The van der Waals surface area contributed by atoms with E-state index < -0.39 is 5.91 Å². The number of carbonyl (C=O) groups excluding carboxylic acids is 1. The Balaban J connectivity index is 2.26. The molecule has 3 aromatic rings. The number of nitrogens with zero attached hydrogens (tertiary/aromatic N) is 1. The molecule has 7 heteroatoms. The van der Waals surface area contributed by atoms with E-state index >= 15 is 0 Å². The number of hydrogen-bond donors (Lipinski definition) is 0. The first-order valence-corrected chi connectivity index (χ1v) is 8.00. The summed E-state index contributed by atoms with van der Waals surface area (Å²) < 4.78 is 1.41. The van der Waals surface area contributed by atoms with Gasteiger partial charge in [-0.25, -0.2) is 0 Å². The van der Waals surface area contributed by atoms with Crippen molar-refractivity contribution in [3.63, 3.8) is 0 Å². The number of halogens is 4. The van der Waals surface area contributed by atoms with Crippen molar-refractivity contribution in [2.24, 2.45) is 0 Å². The van der Waals surface area contributed by atoms with Crippen molar-refractivity contribution in [1.82, 2.24) is 4.57 Å². The van der Waals surface area contributed by atoms with E-state index in [0.29, 0.717) is 22.2 Å². The van der Waals surface area contributed by atoms with Gasteiger partial charge < -0.3 is 0 Å². The second kappa shape index (κ2) is 4.99. The third-order valence-corrected chi connectivity index (χ3v) is 5.66. The Morgan fingerprint density at radius 3 is 2.09 bits per heavy atom. The standard InChI is InChI=1S/C16H5Cl4NO2/c17-12-10-8-5-9(22)6-3-1-2-4-7(6)21(8)16(23)11(10)13(18)15(20)14(12)19/h1-5H. The zero-order valence-corrected chi connectivity index (χ0v) is 14.2. The Kier molecular flexibility index (Phi) is 3.26. The molecule has 0 radical (unpaired) electrons. The molecule has 0 saturated carbocycles. The van der Waals surface area contributed by atoms with Crippen LogP contribution in [0.3, 0.4) is 0 Å². The van der Waals surface area contributed by atoms with Crippen molar-refractivity contribution >= 4 is 63.2 Å². The number of carbonyl (C=O) groups is 1. The van der Waals surface area contributed by atoms with Crippen molar-refractivity contribution in [2.45, 2.75) is 0 Å². The van der Waals surface area contributed by atoms with Crippen molar-refractivity contribution in [1.29, 1.82) is 0 Å². The molecule has 3 nitrogen and oxygen atoms in total. The van der Waals surface area contributed by atoms with Gasteiger partial charge in [-0.3, -0.25) is 14.2 Å². The molecule has 1 aromatic heterocycles. The highest BCUT2D eigenvalue weighted by atomic mass is 35.5. The molecule has 0 bridgehead atoms. The average Bonchev–Trinajstić information content (AvgIpc) is 2.84. The number of fused-ring (bicyclic) bond motifs is 5. The molecular formula is C16H5Cl4NO2. The topological polar surface area (TPSA) is 39.1 Å². The fourth-order valence-corrected chi connectivity index (χ4v) is 3.89. The minimum absolute atomic E-state index is 0.0190. The average molecular weight is 385 g/mol. The summed E-state index contributed by atoms with van der Waals surface area (Å²) in [6.45, 7) is 0. The number of pyridine rings is 1. The quantitative estimate of drug-likeness (QED) is 0.305. The van der Waals surface area contributed by atoms with E-state index in [0.717, 1.165) is 0 Å². The summed E-state index contributed by atoms with van der Waals surface area (Å²) in [6.07, 6.45) is 0. The highest BCUT2D eigenvalue weighted by Crippen LogP contribution is 2.49. The normalized spacial score (nSPS) is 12.6. The van der Waals surface area contributed by atoms with Gasteiger partial charge in [0.05, 0.1) is 36.9 Å². The molecule has 2 aromatic carbocycles. The maximum Gasteiger partial charge on any atom is 0.265 e. The lowest BCUT2D eigenvalue weighted by Gasteiger charge is -2.08. The Bertz CT molecular complexity index is 1100. The van der Waals surface area contributed by atoms with Crippen molar-refractivity contribution < 1.29 is 4.79 Å². The van der Waals surface area contributed by atoms with Crippen LogP contribution in [0.5, 0.6) is 0 Å². The van der Waals surface area contributed by atoms with E-state index in [1.165, 1.54) is 10.6 Å². The summed E-state index contributed by atoms with van der Waals surface area (Å²) in [5, 5.41) is 0.637. The van der Waals surface area contributed by atoms with Gasteiger partial charge in [-0.15, -0.1) is 0 Å². The largest absolute Gasteiger partial charge is 0.289 e. The Labute approximate surface area is 149 Å². The van der Waals surface area contributed by atoms with Gasteiger partial charge in [-0.05, 0) is 12.1 Å². The summed E-state index contributed by atoms with van der Waals surface area (Å²) in [5.41, 5.74) is 1.11. The van der Waals surface area contributed by atoms with Crippen LogP contribution >= 0.6 is 46.4 Å². The van der Waals surface area contributed by atoms with Crippen LogP contribution < -0.4 is 5.43 Å². The van der Waals surface area contributed by atoms with E-state index in [-0.39, 0.29) is 31.1 Å². The third-order valence-electron chi connectivity index (χ3n) is 3.86. The molecule has 0 atom stereocenters. The summed E-state index contributed by atoms with van der Waals surface area (Å²) in [7, 11) is 0. The first kappa shape index (κ1) is 15.0. The third kappa shape index (κ3) is 1.85. The molecule has 0 N–H and O–H groups in total. The molecule has 0 amide bonds. The van der Waals surface area contributed by atoms with Gasteiger partial charge >= 0.3 is 0 Å². The molecular weight excluding hydrogens is 380 g/mol. The molecule has 0 fully saturated rings. The van der Waals surface area contributed by atoms with Gasteiger partial charge in [0.25, 0.3) is 5.91 Å². The van der Waals surface area contributed by atoms with Crippen molar-refractivity contribution in [3.8, 4) is 11.3 Å². The van der Waals surface area contributed by atoms with Crippen LogP contribution in [0.25, 0.3) is 22.2 Å². The number of hydrogen-bond acceptors (Lipinski definition) is 2. The fraction of sp³-hybridized carbons (Fsp3) is 0. The Hall–Kier alpha value is -1.52. The highest BCUT2D eigenvalue weighted by Gasteiger charge is 2.35. The van der Waals surface area contributed by atoms with Crippen LogP contribution in [0.4, 0.5) is 0 Å².